The van der Waals surface area contributed by atoms with Crippen LogP contribution in [-0.2, 0) is 22.9 Å². The van der Waals surface area contributed by atoms with E-state index in [2.05, 4.69) is 16.1 Å². The number of aryl methyl sites for hydroxylation is 2. The summed E-state index contributed by atoms with van der Waals surface area (Å²) in [6.45, 7) is 2.36. The molecule has 114 valence electrons. The molecule has 1 aromatic rings. The van der Waals surface area contributed by atoms with Gasteiger partial charge in [-0.25, -0.2) is 13.1 Å². The minimum Gasteiger partial charge on any atom is -0.313 e. The quantitative estimate of drug-likeness (QED) is 0.815. The molecule has 0 aromatic heterocycles. The Morgan fingerprint density at radius 2 is 2.00 bits per heavy atom. The number of benzene rings is 1. The highest BCUT2D eigenvalue weighted by atomic mass is 32.2. The molecule has 1 heterocycles. The Hall–Kier alpha value is -1.17. The average molecular weight is 306 g/mol. The van der Waals surface area contributed by atoms with E-state index in [-0.39, 0.29) is 0 Å². The van der Waals surface area contributed by atoms with E-state index in [1.165, 1.54) is 16.7 Å². The SMILES string of the molecule is O=S(=O)(NCCC1=CCNCC1)c1ccc2c(c1)CCC2. The van der Waals surface area contributed by atoms with Gasteiger partial charge in [0.2, 0.25) is 10.0 Å². The summed E-state index contributed by atoms with van der Waals surface area (Å²) in [5.74, 6) is 0. The van der Waals surface area contributed by atoms with Crippen molar-refractivity contribution in [2.45, 2.75) is 37.0 Å². The molecule has 0 spiro atoms. The van der Waals surface area contributed by atoms with Crippen molar-refractivity contribution < 1.29 is 8.42 Å². The molecule has 0 saturated heterocycles. The number of nitrogens with one attached hydrogen (secondary N) is 2. The Labute approximate surface area is 126 Å². The van der Waals surface area contributed by atoms with E-state index in [4.69, 9.17) is 0 Å². The van der Waals surface area contributed by atoms with E-state index in [1.54, 1.807) is 6.07 Å². The summed E-state index contributed by atoms with van der Waals surface area (Å²) in [4.78, 5) is 0.405. The van der Waals surface area contributed by atoms with Gasteiger partial charge in [0.05, 0.1) is 4.90 Å². The molecule has 0 radical (unpaired) electrons. The van der Waals surface area contributed by atoms with Crippen molar-refractivity contribution in [2.24, 2.45) is 0 Å². The van der Waals surface area contributed by atoms with Crippen molar-refractivity contribution in [3.05, 3.63) is 41.0 Å². The monoisotopic (exact) mass is 306 g/mol. The first-order chi connectivity index (χ1) is 10.1. The van der Waals surface area contributed by atoms with Gasteiger partial charge in [-0.2, -0.15) is 0 Å². The van der Waals surface area contributed by atoms with Crippen molar-refractivity contribution in [2.75, 3.05) is 19.6 Å². The summed E-state index contributed by atoms with van der Waals surface area (Å²) in [6.07, 6.45) is 7.18. The van der Waals surface area contributed by atoms with Crippen molar-refractivity contribution in [1.82, 2.24) is 10.0 Å². The Bertz CT molecular complexity index is 650. The Kier molecular flexibility index (Phi) is 4.42. The number of fused-ring (bicyclic) bond motifs is 1. The maximum atomic E-state index is 12.3. The van der Waals surface area contributed by atoms with Gasteiger partial charge in [0, 0.05) is 13.1 Å². The molecule has 2 aliphatic rings. The van der Waals surface area contributed by atoms with Crippen LogP contribution in [0, 0.1) is 0 Å². The van der Waals surface area contributed by atoms with Crippen LogP contribution in [0.5, 0.6) is 0 Å². The van der Waals surface area contributed by atoms with Gasteiger partial charge in [0.1, 0.15) is 0 Å². The van der Waals surface area contributed by atoms with E-state index in [0.717, 1.165) is 45.2 Å². The lowest BCUT2D eigenvalue weighted by Gasteiger charge is -2.14. The van der Waals surface area contributed by atoms with Gasteiger partial charge in [0.25, 0.3) is 0 Å². The first-order valence-corrected chi connectivity index (χ1v) is 9.13. The third-order valence-electron chi connectivity index (χ3n) is 4.28. The molecule has 4 nitrogen and oxygen atoms in total. The molecular formula is C16H22N2O2S. The minimum atomic E-state index is -3.38. The molecule has 0 unspecified atom stereocenters. The normalized spacial score (nSPS) is 18.4. The van der Waals surface area contributed by atoms with Gasteiger partial charge >= 0.3 is 0 Å². The fraction of sp³-hybridized carbons (Fsp3) is 0.500. The van der Waals surface area contributed by atoms with E-state index in [0.29, 0.717) is 11.4 Å². The lowest BCUT2D eigenvalue weighted by molar-refractivity contribution is 0.579. The highest BCUT2D eigenvalue weighted by Crippen LogP contribution is 2.24. The van der Waals surface area contributed by atoms with Gasteiger partial charge < -0.3 is 5.32 Å². The van der Waals surface area contributed by atoms with Crippen molar-refractivity contribution >= 4 is 10.0 Å². The third kappa shape index (κ3) is 3.54. The van der Waals surface area contributed by atoms with Crippen LogP contribution in [0.3, 0.4) is 0 Å². The van der Waals surface area contributed by atoms with Crippen LogP contribution in [0.4, 0.5) is 0 Å². The molecular weight excluding hydrogens is 284 g/mol. The zero-order chi connectivity index (χ0) is 14.7. The molecule has 2 N–H and O–H groups in total. The van der Waals surface area contributed by atoms with Gasteiger partial charge in [-0.3, -0.25) is 0 Å². The van der Waals surface area contributed by atoms with Crippen LogP contribution in [0.15, 0.2) is 34.7 Å². The number of hydrogen-bond acceptors (Lipinski definition) is 3. The second kappa shape index (κ2) is 6.30. The number of hydrogen-bond donors (Lipinski definition) is 2. The highest BCUT2D eigenvalue weighted by Gasteiger charge is 2.18. The fourth-order valence-electron chi connectivity index (χ4n) is 3.04. The van der Waals surface area contributed by atoms with Crippen LogP contribution in [0.25, 0.3) is 0 Å². The molecule has 0 fully saturated rings. The van der Waals surface area contributed by atoms with Crippen LogP contribution in [-0.4, -0.2) is 28.1 Å². The summed E-state index contributed by atoms with van der Waals surface area (Å²) in [7, 11) is -3.38. The Morgan fingerprint density at radius 3 is 2.81 bits per heavy atom. The molecule has 21 heavy (non-hydrogen) atoms. The maximum Gasteiger partial charge on any atom is 0.240 e. The fourth-order valence-corrected chi connectivity index (χ4v) is 4.12. The highest BCUT2D eigenvalue weighted by molar-refractivity contribution is 7.89. The average Bonchev–Trinajstić information content (AvgIpc) is 2.95. The van der Waals surface area contributed by atoms with Gasteiger partial charge in [-0.1, -0.05) is 17.7 Å². The maximum absolute atomic E-state index is 12.3. The minimum absolute atomic E-state index is 0.405. The van der Waals surface area contributed by atoms with Crippen molar-refractivity contribution in [3.8, 4) is 0 Å². The van der Waals surface area contributed by atoms with Crippen LogP contribution < -0.4 is 10.0 Å². The lowest BCUT2D eigenvalue weighted by Crippen LogP contribution is -2.27. The molecule has 0 atom stereocenters. The van der Waals surface area contributed by atoms with Crippen LogP contribution in [0.1, 0.15) is 30.4 Å². The third-order valence-corrected chi connectivity index (χ3v) is 5.74. The largest absolute Gasteiger partial charge is 0.313 e. The summed E-state index contributed by atoms with van der Waals surface area (Å²) in [6, 6.07) is 5.54. The standard InChI is InChI=1S/C16H22N2O2S/c19-21(20,18-11-8-13-6-9-17-10-7-13)16-5-4-14-2-1-3-15(14)12-16/h4-6,12,17-18H,1-3,7-11H2. The Balaban J connectivity index is 1.62. The summed E-state index contributed by atoms with van der Waals surface area (Å²) >= 11 is 0. The molecule has 5 heteroatoms. The zero-order valence-electron chi connectivity index (χ0n) is 12.2. The van der Waals surface area contributed by atoms with Gasteiger partial charge in [-0.15, -0.1) is 0 Å². The van der Waals surface area contributed by atoms with Gasteiger partial charge in [0.15, 0.2) is 0 Å². The molecule has 1 aliphatic heterocycles. The molecule has 0 saturated carbocycles. The number of sulfonamides is 1. The van der Waals surface area contributed by atoms with Gasteiger partial charge in [-0.05, 0) is 61.9 Å². The summed E-state index contributed by atoms with van der Waals surface area (Å²) in [5, 5.41) is 3.26. The second-order valence-electron chi connectivity index (χ2n) is 5.75. The molecule has 1 aliphatic carbocycles. The Morgan fingerprint density at radius 1 is 1.14 bits per heavy atom. The molecule has 0 bridgehead atoms. The second-order valence-corrected chi connectivity index (χ2v) is 7.52. The predicted molar refractivity (Wildman–Crippen MR) is 83.8 cm³/mol. The predicted octanol–water partition coefficient (Wildman–Crippen LogP) is 1.76. The molecule has 0 amide bonds. The van der Waals surface area contributed by atoms with E-state index in [1.807, 2.05) is 12.1 Å². The van der Waals surface area contributed by atoms with Crippen LogP contribution in [0.2, 0.25) is 0 Å². The smallest absolute Gasteiger partial charge is 0.240 e. The van der Waals surface area contributed by atoms with Crippen molar-refractivity contribution in [3.63, 3.8) is 0 Å². The summed E-state index contributed by atoms with van der Waals surface area (Å²) in [5.41, 5.74) is 3.83. The molecule has 3 rings (SSSR count). The summed E-state index contributed by atoms with van der Waals surface area (Å²) < 4.78 is 27.4. The topological polar surface area (TPSA) is 58.2 Å². The van der Waals surface area contributed by atoms with E-state index in [9.17, 15) is 8.42 Å². The lowest BCUT2D eigenvalue weighted by atomic mass is 10.1. The van der Waals surface area contributed by atoms with Crippen molar-refractivity contribution in [1.29, 1.82) is 0 Å². The molecule has 1 aromatic carbocycles. The first-order valence-electron chi connectivity index (χ1n) is 7.65. The van der Waals surface area contributed by atoms with E-state index >= 15 is 0 Å². The van der Waals surface area contributed by atoms with E-state index < -0.39 is 10.0 Å². The number of rotatable bonds is 5. The van der Waals surface area contributed by atoms with Crippen LogP contribution >= 0.6 is 0 Å². The zero-order valence-corrected chi connectivity index (χ0v) is 13.0. The first kappa shape index (κ1) is 14.8.